The van der Waals surface area contributed by atoms with Gasteiger partial charge < -0.3 is 10.0 Å². The van der Waals surface area contributed by atoms with Crippen molar-refractivity contribution in [2.24, 2.45) is 0 Å². The van der Waals surface area contributed by atoms with Gasteiger partial charge in [0.1, 0.15) is 0 Å². The van der Waals surface area contributed by atoms with E-state index in [9.17, 15) is 18.3 Å². The second kappa shape index (κ2) is 13.2. The molecule has 1 aliphatic heterocycles. The van der Waals surface area contributed by atoms with Gasteiger partial charge in [-0.1, -0.05) is 72.8 Å². The van der Waals surface area contributed by atoms with E-state index in [0.29, 0.717) is 37.3 Å². The lowest BCUT2D eigenvalue weighted by molar-refractivity contribution is -0.133. The number of β-amino-alcohol motifs (C(OH)–C–C–N with tert-alkyl or cyclic N) is 1. The normalized spacial score (nSPS) is 16.0. The van der Waals surface area contributed by atoms with Gasteiger partial charge in [0.2, 0.25) is 5.91 Å². The third kappa shape index (κ3) is 7.12. The van der Waals surface area contributed by atoms with Crippen LogP contribution in [0.2, 0.25) is 0 Å². The molecule has 4 aromatic carbocycles. The topological polar surface area (TPSA) is 114 Å². The number of amides is 1. The van der Waals surface area contributed by atoms with Gasteiger partial charge in [-0.25, -0.2) is 8.42 Å². The summed E-state index contributed by atoms with van der Waals surface area (Å²) in [7, 11) is -2.13. The Bertz CT molecular complexity index is 1650. The minimum absolute atomic E-state index is 0.0420. The standard InChI is InChI=1S/C34H34N4O4S/c1-37(34(40)33(26-9-4-2-5-10-26)27-11-6-3-7-12-27)32(24-38-20-19-30(39)23-38)28-13-8-14-29(21-28)36-43(41,42)31-17-15-25(22-35)16-18-31/h2-18,21,30,32-33,36,39H,19-20,23-24H2,1H3. The Morgan fingerprint density at radius 3 is 2.12 bits per heavy atom. The van der Waals surface area contributed by atoms with Gasteiger partial charge in [0, 0.05) is 32.4 Å². The summed E-state index contributed by atoms with van der Waals surface area (Å²) in [5.74, 6) is -0.622. The van der Waals surface area contributed by atoms with Crippen LogP contribution < -0.4 is 4.72 Å². The van der Waals surface area contributed by atoms with Crippen LogP contribution in [0.4, 0.5) is 5.69 Å². The molecule has 9 heteroatoms. The van der Waals surface area contributed by atoms with Crippen molar-refractivity contribution in [2.45, 2.75) is 29.4 Å². The number of carbonyl (C=O) groups is 1. The van der Waals surface area contributed by atoms with E-state index in [-0.39, 0.29) is 10.8 Å². The summed E-state index contributed by atoms with van der Waals surface area (Å²) >= 11 is 0. The van der Waals surface area contributed by atoms with Crippen LogP contribution >= 0.6 is 0 Å². The molecule has 0 bridgehead atoms. The van der Waals surface area contributed by atoms with Gasteiger partial charge in [-0.3, -0.25) is 14.4 Å². The number of nitrogens with zero attached hydrogens (tertiary/aromatic N) is 3. The lowest BCUT2D eigenvalue weighted by Crippen LogP contribution is -2.41. The molecule has 43 heavy (non-hydrogen) atoms. The van der Waals surface area contributed by atoms with Gasteiger partial charge in [-0.15, -0.1) is 0 Å². The predicted molar refractivity (Wildman–Crippen MR) is 166 cm³/mol. The van der Waals surface area contributed by atoms with Crippen LogP contribution in [-0.2, 0) is 14.8 Å². The zero-order valence-corrected chi connectivity index (χ0v) is 24.7. The molecule has 2 unspecified atom stereocenters. The van der Waals surface area contributed by atoms with E-state index in [1.54, 1.807) is 30.1 Å². The van der Waals surface area contributed by atoms with Gasteiger partial charge in [0.05, 0.1) is 34.6 Å². The lowest BCUT2D eigenvalue weighted by Gasteiger charge is -2.35. The summed E-state index contributed by atoms with van der Waals surface area (Å²) in [4.78, 5) is 18.3. The Labute approximate surface area is 252 Å². The van der Waals surface area contributed by atoms with Crippen molar-refractivity contribution in [3.05, 3.63) is 131 Å². The number of aliphatic hydroxyl groups is 1. The van der Waals surface area contributed by atoms with Gasteiger partial charge in [0.25, 0.3) is 10.0 Å². The average Bonchev–Trinajstić information content (AvgIpc) is 3.45. The smallest absolute Gasteiger partial charge is 0.261 e. The predicted octanol–water partition coefficient (Wildman–Crippen LogP) is 4.76. The van der Waals surface area contributed by atoms with E-state index in [1.165, 1.54) is 24.3 Å². The minimum atomic E-state index is -3.92. The Balaban J connectivity index is 1.48. The van der Waals surface area contributed by atoms with Crippen LogP contribution in [0.15, 0.2) is 114 Å². The molecule has 8 nitrogen and oxygen atoms in total. The molecule has 0 spiro atoms. The maximum atomic E-state index is 14.4. The second-order valence-corrected chi connectivity index (χ2v) is 12.5. The fourth-order valence-electron chi connectivity index (χ4n) is 5.53. The van der Waals surface area contributed by atoms with Crippen molar-refractivity contribution in [3.63, 3.8) is 0 Å². The molecule has 0 aromatic heterocycles. The highest BCUT2D eigenvalue weighted by Gasteiger charge is 2.33. The lowest BCUT2D eigenvalue weighted by atomic mass is 9.89. The van der Waals surface area contributed by atoms with Gasteiger partial charge in [0.15, 0.2) is 0 Å². The van der Waals surface area contributed by atoms with E-state index in [1.807, 2.05) is 72.8 Å². The summed E-state index contributed by atoms with van der Waals surface area (Å²) in [6.07, 6.45) is 0.236. The first-order valence-electron chi connectivity index (χ1n) is 14.1. The number of nitrogens with one attached hydrogen (secondary N) is 1. The molecular formula is C34H34N4O4S. The van der Waals surface area contributed by atoms with Crippen molar-refractivity contribution >= 4 is 21.6 Å². The van der Waals surface area contributed by atoms with Crippen LogP contribution in [0.1, 0.15) is 40.6 Å². The highest BCUT2D eigenvalue weighted by molar-refractivity contribution is 7.92. The molecule has 1 saturated heterocycles. The molecular weight excluding hydrogens is 560 g/mol. The summed E-state index contributed by atoms with van der Waals surface area (Å²) in [6, 6.07) is 33.7. The highest BCUT2D eigenvalue weighted by Crippen LogP contribution is 2.32. The number of nitriles is 1. The minimum Gasteiger partial charge on any atom is -0.392 e. The number of hydrogen-bond donors (Lipinski definition) is 2. The zero-order chi connectivity index (χ0) is 30.4. The largest absolute Gasteiger partial charge is 0.392 e. The van der Waals surface area contributed by atoms with E-state index in [2.05, 4.69) is 9.62 Å². The molecule has 2 N–H and O–H groups in total. The summed E-state index contributed by atoms with van der Waals surface area (Å²) < 4.78 is 28.9. The summed E-state index contributed by atoms with van der Waals surface area (Å²) in [5, 5.41) is 19.3. The number of anilines is 1. The number of rotatable bonds is 10. The first kappa shape index (κ1) is 30.0. The first-order valence-corrected chi connectivity index (χ1v) is 15.6. The third-order valence-corrected chi connectivity index (χ3v) is 9.22. The molecule has 1 heterocycles. The third-order valence-electron chi connectivity index (χ3n) is 7.82. The van der Waals surface area contributed by atoms with Gasteiger partial charge >= 0.3 is 0 Å². The first-order chi connectivity index (χ1) is 20.7. The zero-order valence-electron chi connectivity index (χ0n) is 23.9. The van der Waals surface area contributed by atoms with Crippen molar-refractivity contribution in [1.29, 1.82) is 5.26 Å². The SMILES string of the molecule is CN(C(=O)C(c1ccccc1)c1ccccc1)C(CN1CCC(O)C1)c1cccc(NS(=O)(=O)c2ccc(C#N)cc2)c1. The molecule has 0 radical (unpaired) electrons. The Kier molecular flexibility index (Phi) is 9.22. The monoisotopic (exact) mass is 594 g/mol. The highest BCUT2D eigenvalue weighted by atomic mass is 32.2. The number of aliphatic hydroxyl groups excluding tert-OH is 1. The van der Waals surface area contributed by atoms with Gasteiger partial charge in [-0.2, -0.15) is 5.26 Å². The number of hydrogen-bond acceptors (Lipinski definition) is 6. The molecule has 0 aliphatic carbocycles. The van der Waals surface area contributed by atoms with Crippen LogP contribution in [0.5, 0.6) is 0 Å². The van der Waals surface area contributed by atoms with E-state index < -0.39 is 28.1 Å². The second-order valence-electron chi connectivity index (χ2n) is 10.8. The molecule has 4 aromatic rings. The fourth-order valence-corrected chi connectivity index (χ4v) is 6.58. The van der Waals surface area contributed by atoms with Crippen molar-refractivity contribution in [2.75, 3.05) is 31.4 Å². The number of benzene rings is 4. The van der Waals surface area contributed by atoms with E-state index in [0.717, 1.165) is 16.7 Å². The number of likely N-dealkylation sites (N-methyl/N-ethyl adjacent to an activating group) is 1. The Hall–Kier alpha value is -4.49. The van der Waals surface area contributed by atoms with Crippen molar-refractivity contribution in [3.8, 4) is 6.07 Å². The Morgan fingerprint density at radius 1 is 0.953 bits per heavy atom. The maximum absolute atomic E-state index is 14.4. The summed E-state index contributed by atoms with van der Waals surface area (Å²) in [6.45, 7) is 1.68. The van der Waals surface area contributed by atoms with E-state index in [4.69, 9.17) is 5.26 Å². The number of sulfonamides is 1. The number of likely N-dealkylation sites (tertiary alicyclic amines) is 1. The molecule has 5 rings (SSSR count). The van der Waals surface area contributed by atoms with E-state index >= 15 is 0 Å². The summed E-state index contributed by atoms with van der Waals surface area (Å²) in [5.41, 5.74) is 3.25. The van der Waals surface area contributed by atoms with Crippen LogP contribution in [0, 0.1) is 11.3 Å². The van der Waals surface area contributed by atoms with Crippen molar-refractivity contribution < 1.29 is 18.3 Å². The average molecular weight is 595 g/mol. The van der Waals surface area contributed by atoms with Crippen LogP contribution in [0.3, 0.4) is 0 Å². The maximum Gasteiger partial charge on any atom is 0.261 e. The molecule has 0 saturated carbocycles. The molecule has 1 amide bonds. The molecule has 2 atom stereocenters. The molecule has 1 aliphatic rings. The molecule has 1 fully saturated rings. The quantitative estimate of drug-likeness (QED) is 0.274. The molecule has 220 valence electrons. The number of carbonyl (C=O) groups excluding carboxylic acids is 1. The van der Waals surface area contributed by atoms with Crippen LogP contribution in [-0.4, -0.2) is 62.0 Å². The Morgan fingerprint density at radius 2 is 1.56 bits per heavy atom. The fraction of sp³-hybridized carbons (Fsp3) is 0.235. The van der Waals surface area contributed by atoms with Crippen molar-refractivity contribution in [1.82, 2.24) is 9.80 Å². The van der Waals surface area contributed by atoms with Gasteiger partial charge in [-0.05, 0) is 59.5 Å². The van der Waals surface area contributed by atoms with Crippen LogP contribution in [0.25, 0.3) is 0 Å².